The Morgan fingerprint density at radius 2 is 1.81 bits per heavy atom. The van der Waals surface area contributed by atoms with Crippen LogP contribution in [0.1, 0.15) is 19.4 Å². The summed E-state index contributed by atoms with van der Waals surface area (Å²) in [6, 6.07) is 17.2. The van der Waals surface area contributed by atoms with Gasteiger partial charge in [0.1, 0.15) is 18.1 Å². The number of fused-ring (bicyclic) bond motifs is 1. The molecular weight excluding hydrogens is 454 g/mol. The highest BCUT2D eigenvalue weighted by Crippen LogP contribution is 2.26. The van der Waals surface area contributed by atoms with Gasteiger partial charge in [-0.25, -0.2) is 9.97 Å². The SMILES string of the molecule is COc1cccc(-c2nc3ncc(-c4cccc(CN(C)C)c4)cc3c(=O)n2CC(=O)NC(C)C)c1. The van der Waals surface area contributed by atoms with Crippen molar-refractivity contribution in [1.82, 2.24) is 24.8 Å². The maximum Gasteiger partial charge on any atom is 0.263 e. The smallest absolute Gasteiger partial charge is 0.263 e. The average molecular weight is 486 g/mol. The van der Waals surface area contributed by atoms with Crippen molar-refractivity contribution < 1.29 is 9.53 Å². The molecule has 4 aromatic rings. The second-order valence-electron chi connectivity index (χ2n) is 9.31. The molecule has 36 heavy (non-hydrogen) atoms. The van der Waals surface area contributed by atoms with E-state index < -0.39 is 0 Å². The zero-order valence-corrected chi connectivity index (χ0v) is 21.3. The first kappa shape index (κ1) is 25.1. The second-order valence-corrected chi connectivity index (χ2v) is 9.31. The largest absolute Gasteiger partial charge is 0.497 e. The predicted molar refractivity (Wildman–Crippen MR) is 142 cm³/mol. The van der Waals surface area contributed by atoms with E-state index in [1.807, 2.05) is 58.3 Å². The summed E-state index contributed by atoms with van der Waals surface area (Å²) in [7, 11) is 5.62. The molecule has 0 spiro atoms. The van der Waals surface area contributed by atoms with E-state index in [1.54, 1.807) is 25.4 Å². The number of nitrogens with one attached hydrogen (secondary N) is 1. The molecule has 4 rings (SSSR count). The summed E-state index contributed by atoms with van der Waals surface area (Å²) in [5.74, 6) is 0.720. The van der Waals surface area contributed by atoms with Gasteiger partial charge in [0.15, 0.2) is 5.65 Å². The Morgan fingerprint density at radius 1 is 1.06 bits per heavy atom. The normalized spacial score (nSPS) is 11.3. The number of hydrogen-bond acceptors (Lipinski definition) is 6. The maximum absolute atomic E-state index is 13.8. The summed E-state index contributed by atoms with van der Waals surface area (Å²) in [6.07, 6.45) is 1.73. The van der Waals surface area contributed by atoms with E-state index in [1.165, 1.54) is 4.57 Å². The molecule has 0 unspecified atom stereocenters. The van der Waals surface area contributed by atoms with E-state index in [-0.39, 0.29) is 24.1 Å². The molecule has 0 atom stereocenters. The Hall–Kier alpha value is -4.04. The van der Waals surface area contributed by atoms with E-state index in [0.29, 0.717) is 28.2 Å². The molecule has 2 aromatic carbocycles. The zero-order valence-electron chi connectivity index (χ0n) is 21.3. The van der Waals surface area contributed by atoms with E-state index in [0.717, 1.165) is 23.2 Å². The molecule has 8 nitrogen and oxygen atoms in total. The lowest BCUT2D eigenvalue weighted by Crippen LogP contribution is -2.37. The first-order valence-electron chi connectivity index (χ1n) is 11.8. The van der Waals surface area contributed by atoms with E-state index >= 15 is 0 Å². The van der Waals surface area contributed by atoms with E-state index in [9.17, 15) is 9.59 Å². The summed E-state index contributed by atoms with van der Waals surface area (Å²) < 4.78 is 6.76. The molecule has 186 valence electrons. The van der Waals surface area contributed by atoms with Crippen molar-refractivity contribution in [2.45, 2.75) is 33.0 Å². The third kappa shape index (κ3) is 5.60. The fourth-order valence-electron chi connectivity index (χ4n) is 4.12. The van der Waals surface area contributed by atoms with Crippen LogP contribution in [-0.4, -0.2) is 52.6 Å². The standard InChI is InChI=1S/C28H31N5O3/c1-18(2)30-25(34)17-33-27(21-10-7-11-23(13-21)36-5)31-26-24(28(33)35)14-22(15-29-26)20-9-6-8-19(12-20)16-32(3)4/h6-15,18H,16-17H2,1-5H3,(H,30,34). The number of benzene rings is 2. The van der Waals surface area contributed by atoms with E-state index in [4.69, 9.17) is 9.72 Å². The second kappa shape index (κ2) is 10.7. The van der Waals surface area contributed by atoms with Crippen LogP contribution in [0, 0.1) is 0 Å². The molecule has 2 aromatic heterocycles. The fourth-order valence-corrected chi connectivity index (χ4v) is 4.12. The van der Waals surface area contributed by atoms with Gasteiger partial charge in [-0.2, -0.15) is 0 Å². The lowest BCUT2D eigenvalue weighted by molar-refractivity contribution is -0.122. The number of nitrogens with zero attached hydrogens (tertiary/aromatic N) is 4. The third-order valence-corrected chi connectivity index (χ3v) is 5.65. The highest BCUT2D eigenvalue weighted by molar-refractivity contribution is 5.83. The van der Waals surface area contributed by atoms with Crippen molar-refractivity contribution in [3.8, 4) is 28.3 Å². The van der Waals surface area contributed by atoms with Crippen molar-refractivity contribution >= 4 is 16.9 Å². The van der Waals surface area contributed by atoms with Crippen molar-refractivity contribution in [2.24, 2.45) is 0 Å². The molecule has 0 bridgehead atoms. The van der Waals surface area contributed by atoms with Crippen molar-refractivity contribution in [3.63, 3.8) is 0 Å². The summed E-state index contributed by atoms with van der Waals surface area (Å²) in [4.78, 5) is 37.8. The molecule has 0 saturated heterocycles. The number of amides is 1. The molecule has 0 fully saturated rings. The van der Waals surface area contributed by atoms with Gasteiger partial charge in [0.2, 0.25) is 5.91 Å². The minimum atomic E-state index is -0.324. The summed E-state index contributed by atoms with van der Waals surface area (Å²) in [5, 5.41) is 3.21. The van der Waals surface area contributed by atoms with Crippen LogP contribution in [0.15, 0.2) is 65.6 Å². The number of pyridine rings is 1. The Bertz CT molecular complexity index is 1460. The molecule has 1 amide bonds. The van der Waals surface area contributed by atoms with Crippen LogP contribution in [-0.2, 0) is 17.9 Å². The van der Waals surface area contributed by atoms with Crippen LogP contribution >= 0.6 is 0 Å². The van der Waals surface area contributed by atoms with Crippen LogP contribution in [0.4, 0.5) is 0 Å². The zero-order chi connectivity index (χ0) is 25.8. The van der Waals surface area contributed by atoms with E-state index in [2.05, 4.69) is 27.3 Å². The molecule has 0 aliphatic heterocycles. The van der Waals surface area contributed by atoms with Gasteiger partial charge in [0.25, 0.3) is 5.56 Å². The lowest BCUT2D eigenvalue weighted by atomic mass is 10.0. The van der Waals surface area contributed by atoms with Gasteiger partial charge >= 0.3 is 0 Å². The monoisotopic (exact) mass is 485 g/mol. The summed E-state index contributed by atoms with van der Waals surface area (Å²) in [5.41, 5.74) is 3.60. The lowest BCUT2D eigenvalue weighted by Gasteiger charge is -2.15. The van der Waals surface area contributed by atoms with Crippen LogP contribution in [0.3, 0.4) is 0 Å². The summed E-state index contributed by atoms with van der Waals surface area (Å²) >= 11 is 0. The van der Waals surface area contributed by atoms with Gasteiger partial charge in [-0.3, -0.25) is 14.2 Å². The highest BCUT2D eigenvalue weighted by atomic mass is 16.5. The van der Waals surface area contributed by atoms with Gasteiger partial charge in [0.05, 0.1) is 12.5 Å². The quantitative estimate of drug-likeness (QED) is 0.409. The predicted octanol–water partition coefficient (Wildman–Crippen LogP) is 3.72. The first-order chi connectivity index (χ1) is 17.2. The molecule has 1 N–H and O–H groups in total. The van der Waals surface area contributed by atoms with Crippen molar-refractivity contribution in [2.75, 3.05) is 21.2 Å². The number of ether oxygens (including phenoxy) is 1. The highest BCUT2D eigenvalue weighted by Gasteiger charge is 2.18. The number of hydrogen-bond donors (Lipinski definition) is 1. The first-order valence-corrected chi connectivity index (χ1v) is 11.8. The number of carbonyl (C=O) groups is 1. The third-order valence-electron chi connectivity index (χ3n) is 5.65. The average Bonchev–Trinajstić information content (AvgIpc) is 2.84. The van der Waals surface area contributed by atoms with Crippen LogP contribution in [0.5, 0.6) is 5.75 Å². The number of aromatic nitrogens is 3. The van der Waals surface area contributed by atoms with Gasteiger partial charge in [-0.15, -0.1) is 0 Å². The van der Waals surface area contributed by atoms with Crippen LogP contribution in [0.2, 0.25) is 0 Å². The molecule has 2 heterocycles. The fraction of sp³-hybridized carbons (Fsp3) is 0.286. The minimum Gasteiger partial charge on any atom is -0.497 e. The molecule has 0 aliphatic rings. The number of carbonyl (C=O) groups excluding carboxylic acids is 1. The molecular formula is C28H31N5O3. The molecule has 8 heteroatoms. The Balaban J connectivity index is 1.87. The number of methoxy groups -OCH3 is 1. The summed E-state index contributed by atoms with van der Waals surface area (Å²) in [6.45, 7) is 4.40. The Labute approximate surface area is 210 Å². The molecule has 0 saturated carbocycles. The topological polar surface area (TPSA) is 89.4 Å². The Kier molecular flexibility index (Phi) is 7.45. The van der Waals surface area contributed by atoms with Crippen LogP contribution < -0.4 is 15.6 Å². The minimum absolute atomic E-state index is 0.0513. The van der Waals surface area contributed by atoms with Gasteiger partial charge < -0.3 is 15.0 Å². The maximum atomic E-state index is 13.8. The number of rotatable bonds is 8. The van der Waals surface area contributed by atoms with Gasteiger partial charge in [-0.05, 0) is 63.3 Å². The molecule has 0 radical (unpaired) electrons. The van der Waals surface area contributed by atoms with Crippen molar-refractivity contribution in [3.05, 3.63) is 76.7 Å². The van der Waals surface area contributed by atoms with Crippen molar-refractivity contribution in [1.29, 1.82) is 0 Å². The van der Waals surface area contributed by atoms with Gasteiger partial charge in [-0.1, -0.05) is 30.3 Å². The Morgan fingerprint density at radius 3 is 2.53 bits per heavy atom. The van der Waals surface area contributed by atoms with Crippen LogP contribution in [0.25, 0.3) is 33.5 Å². The molecule has 0 aliphatic carbocycles. The van der Waals surface area contributed by atoms with Gasteiger partial charge in [0, 0.05) is 29.9 Å².